The molecule has 1 aliphatic heterocycles. The molecule has 0 aliphatic carbocycles. The Morgan fingerprint density at radius 2 is 1.88 bits per heavy atom. The first-order valence-corrected chi connectivity index (χ1v) is 8.50. The lowest BCUT2D eigenvalue weighted by molar-refractivity contribution is -0.118. The molecule has 0 fully saturated rings. The molecule has 5 heteroatoms. The van der Waals surface area contributed by atoms with E-state index in [-0.39, 0.29) is 11.9 Å². The fraction of sp³-hybridized carbons (Fsp3) is 0.300. The van der Waals surface area contributed by atoms with Crippen LogP contribution in [0.15, 0.2) is 48.5 Å². The van der Waals surface area contributed by atoms with Gasteiger partial charge in [-0.05, 0) is 36.6 Å². The molecule has 0 unspecified atom stereocenters. The van der Waals surface area contributed by atoms with E-state index in [1.54, 1.807) is 12.1 Å². The van der Waals surface area contributed by atoms with Gasteiger partial charge in [-0.3, -0.25) is 4.79 Å². The maximum absolute atomic E-state index is 12.6. The highest BCUT2D eigenvalue weighted by atomic mass is 16.5. The summed E-state index contributed by atoms with van der Waals surface area (Å²) in [6.45, 7) is 1.22. The van der Waals surface area contributed by atoms with Crippen LogP contribution in [0.1, 0.15) is 28.8 Å². The zero-order chi connectivity index (χ0) is 17.6. The molecule has 1 N–H and O–H groups in total. The van der Waals surface area contributed by atoms with E-state index in [9.17, 15) is 9.59 Å². The first kappa shape index (κ1) is 17.0. The molecule has 0 saturated heterocycles. The summed E-state index contributed by atoms with van der Waals surface area (Å²) >= 11 is 0. The Morgan fingerprint density at radius 3 is 2.72 bits per heavy atom. The van der Waals surface area contributed by atoms with Gasteiger partial charge in [0, 0.05) is 30.9 Å². The van der Waals surface area contributed by atoms with Gasteiger partial charge in [-0.1, -0.05) is 30.3 Å². The molecule has 3 rings (SSSR count). The lowest BCUT2D eigenvalue weighted by Gasteiger charge is -2.29. The molecule has 0 aromatic heterocycles. The highest BCUT2D eigenvalue weighted by Crippen LogP contribution is 2.27. The number of methoxy groups -OCH3 is 1. The Bertz CT molecular complexity index is 773. The minimum absolute atomic E-state index is 0.0928. The Labute approximate surface area is 147 Å². The summed E-state index contributed by atoms with van der Waals surface area (Å²) in [5.41, 5.74) is 3.40. The second-order valence-electron chi connectivity index (χ2n) is 5.99. The third-order valence-corrected chi connectivity index (χ3v) is 4.40. The molecule has 2 aromatic carbocycles. The third-order valence-electron chi connectivity index (χ3n) is 4.40. The zero-order valence-corrected chi connectivity index (χ0v) is 14.3. The van der Waals surface area contributed by atoms with Gasteiger partial charge < -0.3 is 15.0 Å². The number of carbonyl (C=O) groups excluding carboxylic acids is 2. The minimum atomic E-state index is -0.389. The van der Waals surface area contributed by atoms with E-state index < -0.39 is 0 Å². The molecule has 2 aromatic rings. The Balaban J connectivity index is 1.62. The smallest absolute Gasteiger partial charge is 0.339 e. The molecule has 5 nitrogen and oxygen atoms in total. The maximum atomic E-state index is 12.6. The van der Waals surface area contributed by atoms with Gasteiger partial charge in [0.2, 0.25) is 5.91 Å². The fourth-order valence-electron chi connectivity index (χ4n) is 3.16. The first-order valence-electron chi connectivity index (χ1n) is 8.50. The van der Waals surface area contributed by atoms with Crippen LogP contribution in [0.4, 0.5) is 11.4 Å². The van der Waals surface area contributed by atoms with Crippen LogP contribution in [0.3, 0.4) is 0 Å². The summed E-state index contributed by atoms with van der Waals surface area (Å²) in [6.07, 6.45) is 2.37. The number of carbonyl (C=O) groups is 2. The second-order valence-corrected chi connectivity index (χ2v) is 5.99. The van der Waals surface area contributed by atoms with E-state index in [2.05, 4.69) is 11.4 Å². The number of fused-ring (bicyclic) bond motifs is 1. The summed E-state index contributed by atoms with van der Waals surface area (Å²) < 4.78 is 4.78. The van der Waals surface area contributed by atoms with Gasteiger partial charge in [-0.25, -0.2) is 4.79 Å². The monoisotopic (exact) mass is 338 g/mol. The van der Waals surface area contributed by atoms with Gasteiger partial charge in [0.1, 0.15) is 0 Å². The Kier molecular flexibility index (Phi) is 5.33. The number of nitrogens with zero attached hydrogens (tertiary/aromatic N) is 1. The average Bonchev–Trinajstić information content (AvgIpc) is 2.67. The standard InChI is InChI=1S/C20H22N2O3/c1-25-20(24)16-9-3-4-10-17(16)21-13-12-19(23)22-14-6-8-15-7-2-5-11-18(15)22/h2-5,7,9-11,21H,6,8,12-14H2,1H3. The van der Waals surface area contributed by atoms with Crippen LogP contribution >= 0.6 is 0 Å². The lowest BCUT2D eigenvalue weighted by atomic mass is 10.0. The highest BCUT2D eigenvalue weighted by molar-refractivity contribution is 5.96. The van der Waals surface area contributed by atoms with Crippen molar-refractivity contribution >= 4 is 23.3 Å². The van der Waals surface area contributed by atoms with Crippen molar-refractivity contribution in [3.8, 4) is 0 Å². The van der Waals surface area contributed by atoms with E-state index in [0.29, 0.717) is 24.2 Å². The third kappa shape index (κ3) is 3.82. The van der Waals surface area contributed by atoms with Gasteiger partial charge in [0.05, 0.1) is 12.7 Å². The molecule has 0 bridgehead atoms. The number of amides is 1. The van der Waals surface area contributed by atoms with Crippen LogP contribution in [0.5, 0.6) is 0 Å². The first-order chi connectivity index (χ1) is 12.2. The number of anilines is 2. The van der Waals surface area contributed by atoms with E-state index in [1.807, 2.05) is 35.2 Å². The van der Waals surface area contributed by atoms with Gasteiger partial charge >= 0.3 is 5.97 Å². The topological polar surface area (TPSA) is 58.6 Å². The normalized spacial score (nSPS) is 13.1. The summed E-state index contributed by atoms with van der Waals surface area (Å²) in [7, 11) is 1.36. The summed E-state index contributed by atoms with van der Waals surface area (Å²) in [5.74, 6) is -0.297. The van der Waals surface area contributed by atoms with Gasteiger partial charge in [0.15, 0.2) is 0 Å². The molecule has 0 saturated carbocycles. The van der Waals surface area contributed by atoms with Gasteiger partial charge in [0.25, 0.3) is 0 Å². The van der Waals surface area contributed by atoms with E-state index in [1.165, 1.54) is 12.7 Å². The Hall–Kier alpha value is -2.82. The quantitative estimate of drug-likeness (QED) is 0.850. The van der Waals surface area contributed by atoms with Gasteiger partial charge in [-0.15, -0.1) is 0 Å². The van der Waals surface area contributed by atoms with Crippen LogP contribution in [-0.2, 0) is 16.0 Å². The Morgan fingerprint density at radius 1 is 1.12 bits per heavy atom. The fourth-order valence-corrected chi connectivity index (χ4v) is 3.16. The SMILES string of the molecule is COC(=O)c1ccccc1NCCC(=O)N1CCCc2ccccc21. The van der Waals surface area contributed by atoms with E-state index >= 15 is 0 Å². The van der Waals surface area contributed by atoms with E-state index in [4.69, 9.17) is 4.74 Å². The summed E-state index contributed by atoms with van der Waals surface area (Å²) in [6, 6.07) is 15.2. The van der Waals surface area contributed by atoms with Crippen LogP contribution in [0, 0.1) is 0 Å². The number of benzene rings is 2. The molecule has 1 heterocycles. The van der Waals surface area contributed by atoms with Gasteiger partial charge in [-0.2, -0.15) is 0 Å². The number of hydrogen-bond donors (Lipinski definition) is 1. The maximum Gasteiger partial charge on any atom is 0.339 e. The second kappa shape index (κ2) is 7.83. The van der Waals surface area contributed by atoms with Crippen LogP contribution in [-0.4, -0.2) is 32.1 Å². The average molecular weight is 338 g/mol. The van der Waals surface area contributed by atoms with Crippen molar-refractivity contribution in [1.82, 2.24) is 0 Å². The molecule has 130 valence electrons. The molecule has 1 aliphatic rings. The number of esters is 1. The molecule has 1 amide bonds. The molecule has 0 spiro atoms. The number of aryl methyl sites for hydroxylation is 1. The van der Waals surface area contributed by atoms with Crippen molar-refractivity contribution in [2.75, 3.05) is 30.4 Å². The van der Waals surface area contributed by atoms with Crippen molar-refractivity contribution < 1.29 is 14.3 Å². The molecule has 0 radical (unpaired) electrons. The van der Waals surface area contributed by atoms with Crippen LogP contribution < -0.4 is 10.2 Å². The largest absolute Gasteiger partial charge is 0.465 e. The molecule has 25 heavy (non-hydrogen) atoms. The predicted octanol–water partition coefficient (Wildman–Crippen LogP) is 3.25. The lowest BCUT2D eigenvalue weighted by Crippen LogP contribution is -2.36. The van der Waals surface area contributed by atoms with E-state index in [0.717, 1.165) is 25.1 Å². The molecular weight excluding hydrogens is 316 g/mol. The predicted molar refractivity (Wildman–Crippen MR) is 98.0 cm³/mol. The van der Waals surface area contributed by atoms with Crippen molar-refractivity contribution in [3.05, 3.63) is 59.7 Å². The van der Waals surface area contributed by atoms with Crippen LogP contribution in [0.25, 0.3) is 0 Å². The van der Waals surface area contributed by atoms with Crippen molar-refractivity contribution in [3.63, 3.8) is 0 Å². The number of para-hydroxylation sites is 2. The number of nitrogens with one attached hydrogen (secondary N) is 1. The number of ether oxygens (including phenoxy) is 1. The summed E-state index contributed by atoms with van der Waals surface area (Å²) in [4.78, 5) is 26.3. The number of rotatable bonds is 5. The summed E-state index contributed by atoms with van der Waals surface area (Å²) in [5, 5.41) is 3.17. The molecule has 0 atom stereocenters. The zero-order valence-electron chi connectivity index (χ0n) is 14.3. The highest BCUT2D eigenvalue weighted by Gasteiger charge is 2.21. The van der Waals surface area contributed by atoms with Crippen molar-refractivity contribution in [2.24, 2.45) is 0 Å². The minimum Gasteiger partial charge on any atom is -0.465 e. The number of hydrogen-bond acceptors (Lipinski definition) is 4. The molecular formula is C20H22N2O3. The van der Waals surface area contributed by atoms with Crippen molar-refractivity contribution in [1.29, 1.82) is 0 Å². The van der Waals surface area contributed by atoms with Crippen molar-refractivity contribution in [2.45, 2.75) is 19.3 Å². The van der Waals surface area contributed by atoms with Crippen LogP contribution in [0.2, 0.25) is 0 Å².